The van der Waals surface area contributed by atoms with Crippen molar-refractivity contribution in [2.24, 2.45) is 0 Å². The second kappa shape index (κ2) is 5.26. The van der Waals surface area contributed by atoms with Crippen LogP contribution in [0.2, 0.25) is 0 Å². The molecule has 5 heteroatoms. The van der Waals surface area contributed by atoms with Crippen LogP contribution in [0.5, 0.6) is 0 Å². The van der Waals surface area contributed by atoms with Gasteiger partial charge in [-0.05, 0) is 74.1 Å². The average Bonchev–Trinajstić information content (AvgIpc) is 1.65. The highest BCUT2D eigenvalue weighted by molar-refractivity contribution is 8.07. The predicted octanol–water partition coefficient (Wildman–Crippen LogP) is 4.66. The molecule has 0 radical (unpaired) electrons. The van der Waals surface area contributed by atoms with Crippen molar-refractivity contribution in [3.63, 3.8) is 0 Å². The fraction of sp³-hybridized carbons (Fsp3) is 1.00. The molecule has 0 aliphatic heterocycles. The van der Waals surface area contributed by atoms with Gasteiger partial charge in [-0.1, -0.05) is 0 Å². The van der Waals surface area contributed by atoms with Crippen LogP contribution in [0.4, 0.5) is 0 Å². The monoisotopic (exact) mass is 282 g/mol. The Morgan fingerprint density at radius 3 is 0.882 bits per heavy atom. The van der Waals surface area contributed by atoms with Gasteiger partial charge in [0.2, 0.25) is 0 Å². The van der Waals surface area contributed by atoms with E-state index in [4.69, 9.17) is 25.4 Å². The first-order valence-electron chi connectivity index (χ1n) is 5.84. The van der Waals surface area contributed by atoms with E-state index in [-0.39, 0.29) is 16.8 Å². The molecule has 17 heavy (non-hydrogen) atoms. The third-order valence-corrected chi connectivity index (χ3v) is 4.14. The Hall–Kier alpha value is 0.530. The van der Waals surface area contributed by atoms with Crippen molar-refractivity contribution < 1.29 is 13.6 Å². The van der Waals surface area contributed by atoms with Crippen LogP contribution < -0.4 is 0 Å². The van der Waals surface area contributed by atoms with Crippen molar-refractivity contribution in [3.05, 3.63) is 0 Å². The third-order valence-electron chi connectivity index (χ3n) is 1.16. The first kappa shape index (κ1) is 17.5. The molecule has 0 aliphatic carbocycles. The first-order valence-corrected chi connectivity index (χ1v) is 8.40. The summed E-state index contributed by atoms with van der Waals surface area (Å²) < 4.78 is 17.6. The van der Waals surface area contributed by atoms with E-state index in [0.717, 1.165) is 0 Å². The molecule has 0 saturated heterocycles. The van der Waals surface area contributed by atoms with Gasteiger partial charge in [-0.2, -0.15) is 0 Å². The van der Waals surface area contributed by atoms with E-state index in [1.54, 1.807) is 0 Å². The average molecular weight is 282 g/mol. The summed E-state index contributed by atoms with van der Waals surface area (Å²) >= 11 is 5.49. The molecule has 0 amide bonds. The lowest BCUT2D eigenvalue weighted by atomic mass is 10.2. The van der Waals surface area contributed by atoms with Crippen LogP contribution in [0.15, 0.2) is 0 Å². The smallest absolute Gasteiger partial charge is 0.303 e. The molecule has 0 spiro atoms. The molecule has 0 bridgehead atoms. The molecular formula is C12H27O3PS. The van der Waals surface area contributed by atoms with Crippen molar-refractivity contribution in [2.45, 2.75) is 79.1 Å². The largest absolute Gasteiger partial charge is 0.328 e. The molecule has 104 valence electrons. The first-order chi connectivity index (χ1) is 7.12. The second-order valence-corrected chi connectivity index (χ2v) is 9.84. The molecular weight excluding hydrogens is 255 g/mol. The fourth-order valence-corrected chi connectivity index (χ4v) is 5.20. The van der Waals surface area contributed by atoms with E-state index in [9.17, 15) is 0 Å². The topological polar surface area (TPSA) is 27.7 Å². The summed E-state index contributed by atoms with van der Waals surface area (Å²) in [4.78, 5) is 0. The summed E-state index contributed by atoms with van der Waals surface area (Å²) in [6.45, 7) is 14.8. The minimum Gasteiger partial charge on any atom is -0.303 e. The third kappa shape index (κ3) is 10.2. The molecule has 0 atom stereocenters. The normalized spacial score (nSPS) is 15.1. The fourth-order valence-electron chi connectivity index (χ4n) is 1.06. The molecule has 3 nitrogen and oxygen atoms in total. The summed E-state index contributed by atoms with van der Waals surface area (Å²) in [5.41, 5.74) is -1.15. The molecule has 0 heterocycles. The summed E-state index contributed by atoms with van der Waals surface area (Å²) in [6, 6.07) is 0. The van der Waals surface area contributed by atoms with E-state index < -0.39 is 6.72 Å². The standard InChI is InChI=1S/C12H27O3PS/c1-10(2,3)13-16(17,14-11(4,5)6)15-12(7,8)9/h1-9H3. The maximum atomic E-state index is 5.86. The molecule has 0 N–H and O–H groups in total. The van der Waals surface area contributed by atoms with Crippen LogP contribution in [0.3, 0.4) is 0 Å². The van der Waals surface area contributed by atoms with E-state index in [1.807, 2.05) is 62.3 Å². The lowest BCUT2D eigenvalue weighted by Gasteiger charge is -2.37. The summed E-state index contributed by atoms with van der Waals surface area (Å²) in [5, 5.41) is 0. The van der Waals surface area contributed by atoms with Gasteiger partial charge in [0.25, 0.3) is 0 Å². The van der Waals surface area contributed by atoms with E-state index in [0.29, 0.717) is 0 Å². The Balaban J connectivity index is 5.03. The predicted molar refractivity (Wildman–Crippen MR) is 76.8 cm³/mol. The summed E-state index contributed by atoms with van der Waals surface area (Å²) in [7, 11) is 0. The van der Waals surface area contributed by atoms with Crippen molar-refractivity contribution in [1.29, 1.82) is 0 Å². The lowest BCUT2D eigenvalue weighted by molar-refractivity contribution is -0.000526. The van der Waals surface area contributed by atoms with E-state index in [2.05, 4.69) is 0 Å². The highest BCUT2D eigenvalue weighted by atomic mass is 32.5. The van der Waals surface area contributed by atoms with Gasteiger partial charge in [-0.25, -0.2) is 0 Å². The van der Waals surface area contributed by atoms with Gasteiger partial charge in [0.15, 0.2) is 0 Å². The Morgan fingerprint density at radius 2 is 0.765 bits per heavy atom. The van der Waals surface area contributed by atoms with Gasteiger partial charge >= 0.3 is 6.72 Å². The van der Waals surface area contributed by atoms with Gasteiger partial charge in [0.05, 0.1) is 16.8 Å². The molecule has 0 rings (SSSR count). The summed E-state index contributed by atoms with van der Waals surface area (Å²) in [5.74, 6) is 0. The van der Waals surface area contributed by atoms with Crippen LogP contribution in [-0.4, -0.2) is 16.8 Å². The molecule has 0 aromatic carbocycles. The minimum atomic E-state index is -2.75. The van der Waals surface area contributed by atoms with Crippen LogP contribution in [-0.2, 0) is 25.4 Å². The second-order valence-electron chi connectivity index (χ2n) is 7.06. The maximum absolute atomic E-state index is 5.86. The quantitative estimate of drug-likeness (QED) is 0.704. The van der Waals surface area contributed by atoms with Crippen LogP contribution in [0, 0.1) is 0 Å². The Bertz CT molecular complexity index is 247. The zero-order chi connectivity index (χ0) is 14.1. The van der Waals surface area contributed by atoms with Crippen molar-refractivity contribution in [3.8, 4) is 0 Å². The highest BCUT2D eigenvalue weighted by Gasteiger charge is 2.35. The molecule has 0 aromatic heterocycles. The number of rotatable bonds is 3. The molecule has 0 aromatic rings. The van der Waals surface area contributed by atoms with Gasteiger partial charge in [0.1, 0.15) is 0 Å². The molecule has 0 fully saturated rings. The van der Waals surface area contributed by atoms with Gasteiger partial charge in [-0.3, -0.25) is 0 Å². The SMILES string of the molecule is CC(C)(C)OP(=S)(OC(C)(C)C)OC(C)(C)C. The molecule has 0 aliphatic rings. The zero-order valence-corrected chi connectivity index (χ0v) is 14.3. The summed E-state index contributed by atoms with van der Waals surface area (Å²) in [6.07, 6.45) is 0. The Morgan fingerprint density at radius 1 is 0.588 bits per heavy atom. The van der Waals surface area contributed by atoms with Crippen molar-refractivity contribution in [2.75, 3.05) is 0 Å². The van der Waals surface area contributed by atoms with Gasteiger partial charge in [0, 0.05) is 0 Å². The molecule has 0 saturated carbocycles. The number of hydrogen-bond acceptors (Lipinski definition) is 4. The zero-order valence-electron chi connectivity index (χ0n) is 12.6. The Kier molecular flexibility index (Phi) is 5.42. The van der Waals surface area contributed by atoms with Crippen LogP contribution in [0.25, 0.3) is 0 Å². The minimum absolute atomic E-state index is 0.383. The van der Waals surface area contributed by atoms with Crippen molar-refractivity contribution >= 4 is 18.5 Å². The highest BCUT2D eigenvalue weighted by Crippen LogP contribution is 2.58. The van der Waals surface area contributed by atoms with Crippen molar-refractivity contribution in [1.82, 2.24) is 0 Å². The van der Waals surface area contributed by atoms with Gasteiger partial charge < -0.3 is 13.6 Å². The number of hydrogen-bond donors (Lipinski definition) is 0. The van der Waals surface area contributed by atoms with Crippen LogP contribution >= 0.6 is 6.72 Å². The van der Waals surface area contributed by atoms with Crippen LogP contribution in [0.1, 0.15) is 62.3 Å². The lowest BCUT2D eigenvalue weighted by Crippen LogP contribution is -2.28. The van der Waals surface area contributed by atoms with Gasteiger partial charge in [-0.15, -0.1) is 0 Å². The Labute approximate surface area is 111 Å². The van der Waals surface area contributed by atoms with E-state index in [1.165, 1.54) is 0 Å². The molecule has 0 unspecified atom stereocenters. The maximum Gasteiger partial charge on any atom is 0.328 e. The van der Waals surface area contributed by atoms with E-state index >= 15 is 0 Å².